The molecule has 0 fully saturated rings. The van der Waals surface area contributed by atoms with Crippen LogP contribution in [0.2, 0.25) is 0 Å². The maximum absolute atomic E-state index is 14.0. The summed E-state index contributed by atoms with van der Waals surface area (Å²) in [7, 11) is -2.74. The van der Waals surface area contributed by atoms with Gasteiger partial charge in [-0.1, -0.05) is 0 Å². The highest BCUT2D eigenvalue weighted by atomic mass is 32.2. The maximum Gasteiger partial charge on any atom is 0.264 e. The zero-order chi connectivity index (χ0) is 18.6. The van der Waals surface area contributed by atoms with E-state index in [2.05, 4.69) is 10.0 Å². The Kier molecular flexibility index (Phi) is 5.63. The van der Waals surface area contributed by atoms with Gasteiger partial charge in [0.05, 0.1) is 7.11 Å². The summed E-state index contributed by atoms with van der Waals surface area (Å²) < 4.78 is 45.7. The van der Waals surface area contributed by atoms with E-state index in [0.29, 0.717) is 5.56 Å². The Morgan fingerprint density at radius 2 is 1.76 bits per heavy atom. The van der Waals surface area contributed by atoms with Crippen molar-refractivity contribution < 1.29 is 22.3 Å². The standard InChI is InChI=1S/C17H19FN2O4S/c1-11(2)19-17(21)12-4-6-13(7-5-12)20-25(22,23)16-9-8-14(24-3)10-15(16)18/h4-11,20H,1-3H3,(H,19,21). The molecule has 0 aliphatic heterocycles. The fourth-order valence-electron chi connectivity index (χ4n) is 2.07. The van der Waals surface area contributed by atoms with Gasteiger partial charge in [-0.3, -0.25) is 9.52 Å². The van der Waals surface area contributed by atoms with Crippen LogP contribution >= 0.6 is 0 Å². The van der Waals surface area contributed by atoms with Crippen LogP contribution in [0.3, 0.4) is 0 Å². The van der Waals surface area contributed by atoms with Gasteiger partial charge < -0.3 is 10.1 Å². The lowest BCUT2D eigenvalue weighted by atomic mass is 10.2. The molecule has 0 aliphatic carbocycles. The number of sulfonamides is 1. The molecule has 2 aromatic rings. The Hall–Kier alpha value is -2.61. The van der Waals surface area contributed by atoms with Crippen molar-refractivity contribution in [3.8, 4) is 5.75 Å². The van der Waals surface area contributed by atoms with Gasteiger partial charge in [-0.25, -0.2) is 12.8 Å². The molecule has 0 bridgehead atoms. The summed E-state index contributed by atoms with van der Waals surface area (Å²) in [6, 6.07) is 9.32. The summed E-state index contributed by atoms with van der Waals surface area (Å²) in [6.45, 7) is 3.67. The Morgan fingerprint density at radius 3 is 2.28 bits per heavy atom. The molecule has 0 saturated heterocycles. The molecule has 25 heavy (non-hydrogen) atoms. The van der Waals surface area contributed by atoms with Crippen molar-refractivity contribution in [2.24, 2.45) is 0 Å². The summed E-state index contributed by atoms with van der Waals surface area (Å²) >= 11 is 0. The smallest absolute Gasteiger partial charge is 0.264 e. The highest BCUT2D eigenvalue weighted by molar-refractivity contribution is 7.92. The number of benzene rings is 2. The van der Waals surface area contributed by atoms with Crippen LogP contribution in [0, 0.1) is 5.82 Å². The second-order valence-electron chi connectivity index (χ2n) is 5.61. The van der Waals surface area contributed by atoms with E-state index in [-0.39, 0.29) is 23.4 Å². The van der Waals surface area contributed by atoms with Crippen LogP contribution in [0.15, 0.2) is 47.4 Å². The van der Waals surface area contributed by atoms with E-state index in [1.54, 1.807) is 0 Å². The molecule has 6 nitrogen and oxygen atoms in total. The third-order valence-electron chi connectivity index (χ3n) is 3.25. The molecule has 134 valence electrons. The Balaban J connectivity index is 2.19. The van der Waals surface area contributed by atoms with Crippen molar-refractivity contribution in [1.29, 1.82) is 0 Å². The first-order chi connectivity index (χ1) is 11.7. The number of hydrogen-bond acceptors (Lipinski definition) is 4. The summed E-state index contributed by atoms with van der Waals surface area (Å²) in [5.74, 6) is -0.956. The van der Waals surface area contributed by atoms with Crippen LogP contribution in [0.1, 0.15) is 24.2 Å². The van der Waals surface area contributed by atoms with Crippen molar-refractivity contribution in [2.75, 3.05) is 11.8 Å². The fourth-order valence-corrected chi connectivity index (χ4v) is 3.19. The zero-order valence-corrected chi connectivity index (χ0v) is 14.9. The van der Waals surface area contributed by atoms with Crippen LogP contribution in [0.4, 0.5) is 10.1 Å². The van der Waals surface area contributed by atoms with Crippen molar-refractivity contribution in [3.63, 3.8) is 0 Å². The Bertz CT molecular complexity index is 865. The molecule has 0 spiro atoms. The van der Waals surface area contributed by atoms with Gasteiger partial charge in [-0.2, -0.15) is 0 Å². The molecular formula is C17H19FN2O4S. The van der Waals surface area contributed by atoms with Crippen molar-refractivity contribution >= 4 is 21.6 Å². The number of amides is 1. The number of hydrogen-bond donors (Lipinski definition) is 2. The minimum absolute atomic E-state index is 0.0104. The first kappa shape index (κ1) is 18.7. The SMILES string of the molecule is COc1ccc(S(=O)(=O)Nc2ccc(C(=O)NC(C)C)cc2)c(F)c1. The Labute approximate surface area is 146 Å². The minimum atomic E-state index is -4.10. The van der Waals surface area contributed by atoms with Crippen molar-refractivity contribution in [2.45, 2.75) is 24.8 Å². The highest BCUT2D eigenvalue weighted by Crippen LogP contribution is 2.23. The number of anilines is 1. The van der Waals surface area contributed by atoms with Gasteiger partial charge in [-0.15, -0.1) is 0 Å². The van der Waals surface area contributed by atoms with Gasteiger partial charge in [0.25, 0.3) is 15.9 Å². The van der Waals surface area contributed by atoms with E-state index in [1.807, 2.05) is 13.8 Å². The number of carbonyl (C=O) groups is 1. The highest BCUT2D eigenvalue weighted by Gasteiger charge is 2.20. The monoisotopic (exact) mass is 366 g/mol. The maximum atomic E-state index is 14.0. The Morgan fingerprint density at radius 1 is 1.12 bits per heavy atom. The molecule has 2 aromatic carbocycles. The van der Waals surface area contributed by atoms with Crippen LogP contribution in [0.5, 0.6) is 5.75 Å². The van der Waals surface area contributed by atoms with Gasteiger partial charge in [0.2, 0.25) is 0 Å². The summed E-state index contributed by atoms with van der Waals surface area (Å²) in [5, 5.41) is 2.73. The van der Waals surface area contributed by atoms with Crippen molar-refractivity contribution in [1.82, 2.24) is 5.32 Å². The third-order valence-corrected chi connectivity index (χ3v) is 4.66. The van der Waals surface area contributed by atoms with Gasteiger partial charge in [-0.05, 0) is 50.2 Å². The first-order valence-electron chi connectivity index (χ1n) is 7.50. The molecule has 0 radical (unpaired) electrons. The normalized spacial score (nSPS) is 11.2. The molecule has 0 saturated carbocycles. The molecule has 0 heterocycles. The van der Waals surface area contributed by atoms with E-state index in [9.17, 15) is 17.6 Å². The van der Waals surface area contributed by atoms with E-state index >= 15 is 0 Å². The van der Waals surface area contributed by atoms with Crippen LogP contribution in [0.25, 0.3) is 0 Å². The third kappa shape index (κ3) is 4.69. The van der Waals surface area contributed by atoms with Gasteiger partial charge in [0.15, 0.2) is 0 Å². The number of halogens is 1. The molecule has 0 aromatic heterocycles. The summed E-state index contributed by atoms with van der Waals surface area (Å²) in [6.07, 6.45) is 0. The number of methoxy groups -OCH3 is 1. The van der Waals surface area contributed by atoms with E-state index in [1.165, 1.54) is 37.4 Å². The molecule has 8 heteroatoms. The molecule has 0 unspecified atom stereocenters. The van der Waals surface area contributed by atoms with Gasteiger partial charge in [0.1, 0.15) is 16.5 Å². The predicted molar refractivity (Wildman–Crippen MR) is 92.8 cm³/mol. The van der Waals surface area contributed by atoms with Crippen LogP contribution in [-0.2, 0) is 10.0 Å². The second kappa shape index (κ2) is 7.52. The molecule has 0 aliphatic rings. The lowest BCUT2D eigenvalue weighted by molar-refractivity contribution is 0.0943. The molecule has 0 atom stereocenters. The van der Waals surface area contributed by atoms with Crippen molar-refractivity contribution in [3.05, 3.63) is 53.8 Å². The largest absolute Gasteiger partial charge is 0.497 e. The second-order valence-corrected chi connectivity index (χ2v) is 7.26. The molecular weight excluding hydrogens is 347 g/mol. The topological polar surface area (TPSA) is 84.5 Å². The lowest BCUT2D eigenvalue weighted by Crippen LogP contribution is -2.30. The average Bonchev–Trinajstić information content (AvgIpc) is 2.54. The number of nitrogens with one attached hydrogen (secondary N) is 2. The summed E-state index contributed by atoms with van der Waals surface area (Å²) in [5.41, 5.74) is 0.614. The van der Waals surface area contributed by atoms with E-state index < -0.39 is 20.7 Å². The minimum Gasteiger partial charge on any atom is -0.497 e. The molecule has 1 amide bonds. The first-order valence-corrected chi connectivity index (χ1v) is 8.98. The zero-order valence-electron chi connectivity index (χ0n) is 14.0. The lowest BCUT2D eigenvalue weighted by Gasteiger charge is -2.11. The van der Waals surface area contributed by atoms with Crippen LogP contribution < -0.4 is 14.8 Å². The number of carbonyl (C=O) groups excluding carboxylic acids is 1. The quantitative estimate of drug-likeness (QED) is 0.823. The van der Waals surface area contributed by atoms with Gasteiger partial charge >= 0.3 is 0 Å². The number of ether oxygens (including phenoxy) is 1. The van der Waals surface area contributed by atoms with E-state index in [0.717, 1.165) is 12.1 Å². The van der Waals surface area contributed by atoms with Gasteiger partial charge in [0, 0.05) is 23.4 Å². The predicted octanol–water partition coefficient (Wildman–Crippen LogP) is 2.77. The molecule has 2 N–H and O–H groups in total. The van der Waals surface area contributed by atoms with Crippen LogP contribution in [-0.4, -0.2) is 27.5 Å². The fraction of sp³-hybridized carbons (Fsp3) is 0.235. The molecule has 2 rings (SSSR count). The summed E-state index contributed by atoms with van der Waals surface area (Å²) in [4.78, 5) is 11.4. The number of rotatable bonds is 6. The average molecular weight is 366 g/mol. The van der Waals surface area contributed by atoms with E-state index in [4.69, 9.17) is 4.74 Å².